The Hall–Kier alpha value is -3.91. The van der Waals surface area contributed by atoms with Gasteiger partial charge in [-0.05, 0) is 66.7 Å². The van der Waals surface area contributed by atoms with Crippen molar-refractivity contribution in [3.05, 3.63) is 100 Å². The zero-order valence-corrected chi connectivity index (χ0v) is 19.1. The van der Waals surface area contributed by atoms with Gasteiger partial charge in [0.15, 0.2) is 5.17 Å². The number of thioether (sulfide) groups is 1. The van der Waals surface area contributed by atoms with E-state index in [2.05, 4.69) is 4.99 Å². The molecule has 3 aromatic rings. The number of carboxylic acids is 1. The van der Waals surface area contributed by atoms with Gasteiger partial charge < -0.3 is 9.84 Å². The van der Waals surface area contributed by atoms with Gasteiger partial charge in [-0.2, -0.15) is 0 Å². The summed E-state index contributed by atoms with van der Waals surface area (Å²) >= 11 is 1.22. The third-order valence-electron chi connectivity index (χ3n) is 5.04. The number of hydrogen-bond acceptors (Lipinski definition) is 5. The van der Waals surface area contributed by atoms with E-state index < -0.39 is 5.97 Å². The van der Waals surface area contributed by atoms with Gasteiger partial charge in [-0.25, -0.2) is 14.2 Å². The monoisotopic (exact) mass is 476 g/mol. The number of likely N-dealkylation sites (N-methyl/N-ethyl adjacent to an activating group) is 1. The number of hydrogen-bond donors (Lipinski definition) is 1. The van der Waals surface area contributed by atoms with Gasteiger partial charge in [-0.15, -0.1) is 0 Å². The highest BCUT2D eigenvalue weighted by Gasteiger charge is 2.32. The summed E-state index contributed by atoms with van der Waals surface area (Å²) in [4.78, 5) is 30.8. The van der Waals surface area contributed by atoms with Gasteiger partial charge in [0.05, 0.1) is 16.2 Å². The van der Waals surface area contributed by atoms with Crippen molar-refractivity contribution >= 4 is 40.6 Å². The number of benzene rings is 3. The standard InChI is InChI=1S/C26H21FN2O4S/c1-2-29-24(30)23(34-26(29)28-21-8-5-7-19(14-21)25(31)32)15-18-6-3-4-9-22(18)33-16-17-10-12-20(27)13-11-17/h3-15H,2,16H2,1H3,(H,31,32)/b23-15-,28-26?. The second kappa shape index (κ2) is 10.4. The van der Waals surface area contributed by atoms with Crippen LogP contribution in [-0.4, -0.2) is 33.6 Å². The van der Waals surface area contributed by atoms with Gasteiger partial charge in [0.25, 0.3) is 5.91 Å². The Morgan fingerprint density at radius 3 is 2.62 bits per heavy atom. The smallest absolute Gasteiger partial charge is 0.335 e. The van der Waals surface area contributed by atoms with Crippen molar-refractivity contribution in [3.8, 4) is 5.75 Å². The van der Waals surface area contributed by atoms with Gasteiger partial charge in [0.1, 0.15) is 18.2 Å². The fourth-order valence-corrected chi connectivity index (χ4v) is 4.36. The summed E-state index contributed by atoms with van der Waals surface area (Å²) in [6.45, 7) is 2.53. The number of aromatic carboxylic acids is 1. The number of nitrogens with zero attached hydrogens (tertiary/aromatic N) is 2. The number of carbonyl (C=O) groups excluding carboxylic acids is 1. The maximum atomic E-state index is 13.1. The fraction of sp³-hybridized carbons (Fsp3) is 0.115. The van der Waals surface area contributed by atoms with Crippen LogP contribution in [0, 0.1) is 5.82 Å². The highest BCUT2D eigenvalue weighted by Crippen LogP contribution is 2.35. The van der Waals surface area contributed by atoms with Crippen LogP contribution in [0.5, 0.6) is 5.75 Å². The molecular formula is C26H21FN2O4S. The average molecular weight is 477 g/mol. The average Bonchev–Trinajstić information content (AvgIpc) is 3.13. The van der Waals surface area contributed by atoms with Crippen molar-refractivity contribution in [2.24, 2.45) is 4.99 Å². The molecular weight excluding hydrogens is 455 g/mol. The first-order valence-corrected chi connectivity index (χ1v) is 11.4. The molecule has 4 rings (SSSR count). The van der Waals surface area contributed by atoms with E-state index in [-0.39, 0.29) is 23.9 Å². The van der Waals surface area contributed by atoms with E-state index in [1.54, 1.807) is 35.2 Å². The first-order valence-electron chi connectivity index (χ1n) is 10.5. The molecule has 1 aliphatic heterocycles. The molecule has 3 aromatic carbocycles. The third kappa shape index (κ3) is 5.35. The zero-order valence-electron chi connectivity index (χ0n) is 18.3. The van der Waals surface area contributed by atoms with Crippen molar-refractivity contribution in [1.82, 2.24) is 4.90 Å². The van der Waals surface area contributed by atoms with Crippen LogP contribution in [-0.2, 0) is 11.4 Å². The van der Waals surface area contributed by atoms with Crippen LogP contribution in [0.4, 0.5) is 10.1 Å². The number of rotatable bonds is 7. The minimum atomic E-state index is -1.04. The predicted molar refractivity (Wildman–Crippen MR) is 131 cm³/mol. The first-order chi connectivity index (χ1) is 16.4. The maximum Gasteiger partial charge on any atom is 0.335 e. The summed E-state index contributed by atoms with van der Waals surface area (Å²) in [5, 5.41) is 9.69. The molecule has 0 radical (unpaired) electrons. The van der Waals surface area contributed by atoms with Crippen LogP contribution >= 0.6 is 11.8 Å². The SMILES string of the molecule is CCN1C(=O)/C(=C/c2ccccc2OCc2ccc(F)cc2)SC1=Nc1cccc(C(=O)O)c1. The summed E-state index contributed by atoms with van der Waals surface area (Å²) in [5.74, 6) is -0.940. The van der Waals surface area contributed by atoms with Gasteiger partial charge in [-0.1, -0.05) is 36.4 Å². The van der Waals surface area contributed by atoms with E-state index in [4.69, 9.17) is 4.74 Å². The second-order valence-corrected chi connectivity index (χ2v) is 8.37. The lowest BCUT2D eigenvalue weighted by atomic mass is 10.1. The maximum absolute atomic E-state index is 13.1. The van der Waals surface area contributed by atoms with Crippen LogP contribution in [0.25, 0.3) is 6.08 Å². The molecule has 0 unspecified atom stereocenters. The molecule has 1 fully saturated rings. The molecule has 1 N–H and O–H groups in total. The lowest BCUT2D eigenvalue weighted by molar-refractivity contribution is -0.122. The Labute approximate surface area is 200 Å². The van der Waals surface area contributed by atoms with Crippen LogP contribution in [0.2, 0.25) is 0 Å². The molecule has 0 bridgehead atoms. The minimum Gasteiger partial charge on any atom is -0.488 e. The second-order valence-electron chi connectivity index (χ2n) is 7.36. The van der Waals surface area contributed by atoms with Gasteiger partial charge in [-0.3, -0.25) is 9.69 Å². The van der Waals surface area contributed by atoms with Crippen LogP contribution < -0.4 is 4.74 Å². The van der Waals surface area contributed by atoms with Crippen molar-refractivity contribution in [2.45, 2.75) is 13.5 Å². The normalized spacial score (nSPS) is 15.8. The van der Waals surface area contributed by atoms with E-state index in [9.17, 15) is 19.1 Å². The summed E-state index contributed by atoms with van der Waals surface area (Å²) in [6.07, 6.45) is 1.76. The topological polar surface area (TPSA) is 79.2 Å². The molecule has 172 valence electrons. The molecule has 1 heterocycles. The molecule has 34 heavy (non-hydrogen) atoms. The minimum absolute atomic E-state index is 0.127. The van der Waals surface area contributed by atoms with E-state index >= 15 is 0 Å². The largest absolute Gasteiger partial charge is 0.488 e. The van der Waals surface area contributed by atoms with Crippen molar-refractivity contribution in [3.63, 3.8) is 0 Å². The quantitative estimate of drug-likeness (QED) is 0.441. The number of carboxylic acid groups (broad SMARTS) is 1. The molecule has 0 atom stereocenters. The molecule has 8 heteroatoms. The van der Waals surface area contributed by atoms with Gasteiger partial charge in [0.2, 0.25) is 0 Å². The van der Waals surface area contributed by atoms with E-state index in [1.165, 1.54) is 36.0 Å². The van der Waals surface area contributed by atoms with Crippen LogP contribution in [0.3, 0.4) is 0 Å². The predicted octanol–water partition coefficient (Wildman–Crippen LogP) is 5.73. The van der Waals surface area contributed by atoms with Gasteiger partial charge >= 0.3 is 5.97 Å². The zero-order chi connectivity index (χ0) is 24.1. The number of halogens is 1. The lowest BCUT2D eigenvalue weighted by Gasteiger charge is -2.12. The highest BCUT2D eigenvalue weighted by molar-refractivity contribution is 8.18. The van der Waals surface area contributed by atoms with Crippen LogP contribution in [0.1, 0.15) is 28.4 Å². The number of amides is 1. The highest BCUT2D eigenvalue weighted by atomic mass is 32.2. The van der Waals surface area contributed by atoms with Crippen molar-refractivity contribution < 1.29 is 23.8 Å². The Morgan fingerprint density at radius 2 is 1.88 bits per heavy atom. The van der Waals surface area contributed by atoms with E-state index in [0.29, 0.717) is 28.1 Å². The molecule has 0 saturated carbocycles. The fourth-order valence-electron chi connectivity index (χ4n) is 3.30. The van der Waals surface area contributed by atoms with E-state index in [0.717, 1.165) is 11.1 Å². The number of carbonyl (C=O) groups is 2. The van der Waals surface area contributed by atoms with Gasteiger partial charge in [0, 0.05) is 12.1 Å². The van der Waals surface area contributed by atoms with Crippen molar-refractivity contribution in [1.29, 1.82) is 0 Å². The number of aliphatic imine (C=N–C) groups is 1. The summed E-state index contributed by atoms with van der Waals surface area (Å²) in [7, 11) is 0. The Morgan fingerprint density at radius 1 is 1.12 bits per heavy atom. The Kier molecular flexibility index (Phi) is 7.08. The van der Waals surface area contributed by atoms with Crippen molar-refractivity contribution in [2.75, 3.05) is 6.54 Å². The molecule has 0 spiro atoms. The number of para-hydroxylation sites is 1. The Balaban J connectivity index is 1.58. The summed E-state index contributed by atoms with van der Waals surface area (Å²) < 4.78 is 19.1. The van der Waals surface area contributed by atoms with E-state index in [1.807, 2.05) is 31.2 Å². The molecule has 0 aliphatic carbocycles. The first kappa shape index (κ1) is 23.3. The summed E-state index contributed by atoms with van der Waals surface area (Å²) in [6, 6.07) is 19.7. The molecule has 1 saturated heterocycles. The third-order valence-corrected chi connectivity index (χ3v) is 6.04. The molecule has 1 aliphatic rings. The number of ether oxygens (including phenoxy) is 1. The Bertz CT molecular complexity index is 1290. The summed E-state index contributed by atoms with van der Waals surface area (Å²) in [5.41, 5.74) is 2.14. The number of amidine groups is 1. The molecule has 6 nitrogen and oxygen atoms in total. The molecule has 0 aromatic heterocycles. The molecule has 1 amide bonds. The lowest BCUT2D eigenvalue weighted by Crippen LogP contribution is -2.28. The van der Waals surface area contributed by atoms with Crippen LogP contribution in [0.15, 0.2) is 82.7 Å².